The molecule has 0 aliphatic carbocycles. The molecule has 6 heteroatoms. The summed E-state index contributed by atoms with van der Waals surface area (Å²) in [5.74, 6) is -0.663. The van der Waals surface area contributed by atoms with Crippen LogP contribution >= 0.6 is 11.3 Å². The summed E-state index contributed by atoms with van der Waals surface area (Å²) in [6.07, 6.45) is 0.235. The Hall–Kier alpha value is -1.40. The minimum Gasteiger partial charge on any atom is -0.465 e. The van der Waals surface area contributed by atoms with E-state index in [1.165, 1.54) is 18.4 Å². The van der Waals surface area contributed by atoms with Crippen molar-refractivity contribution in [1.29, 1.82) is 0 Å². The van der Waals surface area contributed by atoms with Gasteiger partial charge < -0.3 is 15.8 Å². The van der Waals surface area contributed by atoms with E-state index in [0.717, 1.165) is 0 Å². The second-order valence-corrected chi connectivity index (χ2v) is 3.66. The van der Waals surface area contributed by atoms with Crippen molar-refractivity contribution in [2.45, 2.75) is 6.42 Å². The third-order valence-electron chi connectivity index (χ3n) is 1.69. The smallest absolute Gasteiger partial charge is 0.340 e. The Labute approximate surface area is 91.2 Å². The third-order valence-corrected chi connectivity index (χ3v) is 2.52. The van der Waals surface area contributed by atoms with Gasteiger partial charge >= 0.3 is 5.97 Å². The van der Waals surface area contributed by atoms with Crippen molar-refractivity contribution < 1.29 is 14.3 Å². The second-order valence-electron chi connectivity index (χ2n) is 2.74. The van der Waals surface area contributed by atoms with Crippen molar-refractivity contribution in [3.8, 4) is 0 Å². The van der Waals surface area contributed by atoms with Crippen LogP contribution in [0.3, 0.4) is 0 Å². The lowest BCUT2D eigenvalue weighted by atomic mass is 10.3. The lowest BCUT2D eigenvalue weighted by molar-refractivity contribution is -0.116. The molecule has 0 aliphatic rings. The predicted molar refractivity (Wildman–Crippen MR) is 58.0 cm³/mol. The topological polar surface area (TPSA) is 81.4 Å². The number of hydrogen-bond acceptors (Lipinski definition) is 5. The molecule has 1 rings (SSSR count). The molecule has 0 spiro atoms. The van der Waals surface area contributed by atoms with Gasteiger partial charge in [-0.05, 0) is 11.4 Å². The number of amides is 1. The Morgan fingerprint density at radius 3 is 2.93 bits per heavy atom. The molecule has 0 aliphatic heterocycles. The van der Waals surface area contributed by atoms with Crippen LogP contribution in [-0.2, 0) is 9.53 Å². The third kappa shape index (κ3) is 3.03. The highest BCUT2D eigenvalue weighted by molar-refractivity contribution is 7.14. The maximum atomic E-state index is 11.2. The molecule has 0 bridgehead atoms. The van der Waals surface area contributed by atoms with E-state index < -0.39 is 5.97 Å². The molecule has 0 saturated heterocycles. The molecule has 1 heterocycles. The Kier molecular flexibility index (Phi) is 4.26. The molecule has 0 unspecified atom stereocenters. The van der Waals surface area contributed by atoms with Crippen LogP contribution in [0, 0.1) is 0 Å². The molecule has 0 fully saturated rings. The summed E-state index contributed by atoms with van der Waals surface area (Å²) in [5.41, 5.74) is 5.60. The zero-order valence-electron chi connectivity index (χ0n) is 8.28. The molecule has 0 saturated carbocycles. The molecule has 3 N–H and O–H groups in total. The van der Waals surface area contributed by atoms with Gasteiger partial charge in [-0.1, -0.05) is 0 Å². The van der Waals surface area contributed by atoms with Crippen molar-refractivity contribution in [2.24, 2.45) is 5.73 Å². The fourth-order valence-corrected chi connectivity index (χ4v) is 1.79. The standard InChI is InChI=1S/C9H12N2O3S/c1-14-9(13)6-3-5-15-8(6)11-7(12)2-4-10/h3,5H,2,4,10H2,1H3,(H,11,12). The van der Waals surface area contributed by atoms with Crippen LogP contribution in [0.15, 0.2) is 11.4 Å². The van der Waals surface area contributed by atoms with Crippen LogP contribution in [0.5, 0.6) is 0 Å². The number of rotatable bonds is 4. The summed E-state index contributed by atoms with van der Waals surface area (Å²) in [7, 11) is 1.30. The zero-order valence-corrected chi connectivity index (χ0v) is 9.10. The molecule has 1 amide bonds. The zero-order chi connectivity index (χ0) is 11.3. The first-order chi connectivity index (χ1) is 7.19. The number of thiophene rings is 1. The summed E-state index contributed by atoms with van der Waals surface area (Å²) in [4.78, 5) is 22.5. The van der Waals surface area contributed by atoms with Crippen molar-refractivity contribution in [1.82, 2.24) is 0 Å². The van der Waals surface area contributed by atoms with E-state index in [-0.39, 0.29) is 18.9 Å². The first kappa shape index (κ1) is 11.7. The Bertz CT molecular complexity index is 362. The van der Waals surface area contributed by atoms with Gasteiger partial charge in [0.15, 0.2) is 0 Å². The summed E-state index contributed by atoms with van der Waals surface area (Å²) >= 11 is 1.27. The molecule has 0 aromatic carbocycles. The minimum absolute atomic E-state index is 0.204. The van der Waals surface area contributed by atoms with Crippen molar-refractivity contribution in [3.05, 3.63) is 17.0 Å². The summed E-state index contributed by atoms with van der Waals surface area (Å²) in [6, 6.07) is 1.61. The molecule has 1 aromatic heterocycles. The van der Waals surface area contributed by atoms with E-state index in [4.69, 9.17) is 5.73 Å². The Morgan fingerprint density at radius 1 is 1.60 bits per heavy atom. The first-order valence-electron chi connectivity index (χ1n) is 4.34. The van der Waals surface area contributed by atoms with Gasteiger partial charge in [0, 0.05) is 13.0 Å². The average molecular weight is 228 g/mol. The quantitative estimate of drug-likeness (QED) is 0.748. The second kappa shape index (κ2) is 5.47. The Morgan fingerprint density at radius 2 is 2.33 bits per heavy atom. The Balaban J connectivity index is 2.73. The number of esters is 1. The van der Waals surface area contributed by atoms with Crippen LogP contribution in [0.1, 0.15) is 16.8 Å². The van der Waals surface area contributed by atoms with E-state index in [9.17, 15) is 9.59 Å². The van der Waals surface area contributed by atoms with Crippen LogP contribution in [0.25, 0.3) is 0 Å². The predicted octanol–water partition coefficient (Wildman–Crippen LogP) is 0.822. The molecule has 82 valence electrons. The van der Waals surface area contributed by atoms with Crippen LogP contribution in [0.2, 0.25) is 0 Å². The fourth-order valence-electron chi connectivity index (χ4n) is 0.997. The molecule has 15 heavy (non-hydrogen) atoms. The molecule has 1 aromatic rings. The van der Waals surface area contributed by atoms with Gasteiger partial charge in [0.05, 0.1) is 12.7 Å². The largest absolute Gasteiger partial charge is 0.465 e. The van der Waals surface area contributed by atoms with E-state index in [0.29, 0.717) is 10.6 Å². The highest BCUT2D eigenvalue weighted by Crippen LogP contribution is 2.23. The van der Waals surface area contributed by atoms with Gasteiger partial charge in [-0.25, -0.2) is 4.79 Å². The van der Waals surface area contributed by atoms with Gasteiger partial charge in [0.25, 0.3) is 0 Å². The van der Waals surface area contributed by atoms with E-state index in [1.54, 1.807) is 11.4 Å². The number of nitrogens with one attached hydrogen (secondary N) is 1. The maximum Gasteiger partial charge on any atom is 0.340 e. The minimum atomic E-state index is -0.459. The monoisotopic (exact) mass is 228 g/mol. The molecule has 5 nitrogen and oxygen atoms in total. The number of nitrogens with two attached hydrogens (primary N) is 1. The summed E-state index contributed by atoms with van der Waals surface area (Å²) < 4.78 is 4.57. The van der Waals surface area contributed by atoms with Gasteiger partial charge in [-0.15, -0.1) is 11.3 Å². The number of carbonyl (C=O) groups excluding carboxylic acids is 2. The number of hydrogen-bond donors (Lipinski definition) is 2. The average Bonchev–Trinajstić information content (AvgIpc) is 2.65. The fraction of sp³-hybridized carbons (Fsp3) is 0.333. The summed E-state index contributed by atoms with van der Waals surface area (Å²) in [6.45, 7) is 0.283. The van der Waals surface area contributed by atoms with E-state index >= 15 is 0 Å². The van der Waals surface area contributed by atoms with Crippen LogP contribution in [0.4, 0.5) is 5.00 Å². The summed E-state index contributed by atoms with van der Waals surface area (Å²) in [5, 5.41) is 4.82. The van der Waals surface area contributed by atoms with E-state index in [1.807, 2.05) is 0 Å². The lowest BCUT2D eigenvalue weighted by Gasteiger charge is -2.03. The molecular weight excluding hydrogens is 216 g/mol. The van der Waals surface area contributed by atoms with Crippen molar-refractivity contribution >= 4 is 28.2 Å². The number of ether oxygens (including phenoxy) is 1. The van der Waals surface area contributed by atoms with Gasteiger partial charge in [0.2, 0.25) is 5.91 Å². The number of anilines is 1. The lowest BCUT2D eigenvalue weighted by Crippen LogP contribution is -2.17. The maximum absolute atomic E-state index is 11.2. The van der Waals surface area contributed by atoms with Gasteiger partial charge in [-0.2, -0.15) is 0 Å². The number of carbonyl (C=O) groups is 2. The van der Waals surface area contributed by atoms with Crippen molar-refractivity contribution in [2.75, 3.05) is 19.0 Å². The van der Waals surface area contributed by atoms with Crippen LogP contribution in [-0.4, -0.2) is 25.5 Å². The van der Waals surface area contributed by atoms with Gasteiger partial charge in [0.1, 0.15) is 5.00 Å². The molecular formula is C9H12N2O3S. The molecule has 0 atom stereocenters. The highest BCUT2D eigenvalue weighted by Gasteiger charge is 2.14. The van der Waals surface area contributed by atoms with E-state index in [2.05, 4.69) is 10.1 Å². The van der Waals surface area contributed by atoms with Gasteiger partial charge in [-0.3, -0.25) is 4.79 Å². The van der Waals surface area contributed by atoms with Crippen molar-refractivity contribution in [3.63, 3.8) is 0 Å². The highest BCUT2D eigenvalue weighted by atomic mass is 32.1. The first-order valence-corrected chi connectivity index (χ1v) is 5.22. The molecule has 0 radical (unpaired) electrons. The normalized spacial score (nSPS) is 9.73. The number of methoxy groups -OCH3 is 1. The SMILES string of the molecule is COC(=O)c1ccsc1NC(=O)CCN. The van der Waals surface area contributed by atoms with Crippen LogP contribution < -0.4 is 11.1 Å².